The molecule has 22 heavy (non-hydrogen) atoms. The first-order valence-corrected chi connectivity index (χ1v) is 7.50. The minimum atomic E-state index is -0.526. The van der Waals surface area contributed by atoms with Crippen LogP contribution in [0.5, 0.6) is 5.75 Å². The second kappa shape index (κ2) is 8.38. The van der Waals surface area contributed by atoms with Crippen LogP contribution in [0.1, 0.15) is 13.3 Å². The van der Waals surface area contributed by atoms with Gasteiger partial charge in [-0.25, -0.2) is 0 Å². The van der Waals surface area contributed by atoms with Crippen molar-refractivity contribution < 1.29 is 19.1 Å². The number of para-hydroxylation sites is 1. The summed E-state index contributed by atoms with van der Waals surface area (Å²) in [6.07, 6.45) is 0.218. The quantitative estimate of drug-likeness (QED) is 0.845. The molecule has 1 saturated heterocycles. The summed E-state index contributed by atoms with van der Waals surface area (Å²) >= 11 is 0. The van der Waals surface area contributed by atoms with Crippen LogP contribution < -0.4 is 10.1 Å². The Bertz CT molecular complexity index is 486. The van der Waals surface area contributed by atoms with Crippen molar-refractivity contribution in [2.45, 2.75) is 19.4 Å². The molecular weight excluding hydrogens is 284 g/mol. The van der Waals surface area contributed by atoms with Crippen LogP contribution in [0.3, 0.4) is 0 Å². The van der Waals surface area contributed by atoms with Crippen molar-refractivity contribution in [1.29, 1.82) is 0 Å². The molecule has 1 fully saturated rings. The third kappa shape index (κ3) is 5.04. The summed E-state index contributed by atoms with van der Waals surface area (Å²) in [5.41, 5.74) is 0. The van der Waals surface area contributed by atoms with Gasteiger partial charge in [-0.2, -0.15) is 0 Å². The molecule has 2 amide bonds. The van der Waals surface area contributed by atoms with E-state index in [1.165, 1.54) is 0 Å². The number of hydrogen-bond acceptors (Lipinski definition) is 4. The molecule has 1 aromatic rings. The van der Waals surface area contributed by atoms with Gasteiger partial charge >= 0.3 is 0 Å². The lowest BCUT2D eigenvalue weighted by Crippen LogP contribution is -2.50. The summed E-state index contributed by atoms with van der Waals surface area (Å²) in [4.78, 5) is 25.7. The summed E-state index contributed by atoms with van der Waals surface area (Å²) in [5, 5.41) is 2.71. The van der Waals surface area contributed by atoms with E-state index in [0.717, 1.165) is 5.75 Å². The van der Waals surface area contributed by atoms with Crippen molar-refractivity contribution in [1.82, 2.24) is 10.2 Å². The van der Waals surface area contributed by atoms with E-state index in [4.69, 9.17) is 9.47 Å². The molecule has 6 heteroatoms. The second-order valence-electron chi connectivity index (χ2n) is 5.14. The van der Waals surface area contributed by atoms with Gasteiger partial charge in [-0.15, -0.1) is 0 Å². The number of benzene rings is 1. The number of nitrogens with one attached hydrogen (secondary N) is 1. The Morgan fingerprint density at radius 3 is 2.64 bits per heavy atom. The van der Waals surface area contributed by atoms with Crippen LogP contribution in [0.25, 0.3) is 0 Å². The standard InChI is InChI=1S/C16H22N2O4/c1-13(16(20)18-8-11-21-12-9-18)17-15(19)7-10-22-14-5-3-2-4-6-14/h2-6,13H,7-12H2,1H3,(H,17,19)/t13-/m1/s1. The summed E-state index contributed by atoms with van der Waals surface area (Å²) < 4.78 is 10.7. The van der Waals surface area contributed by atoms with E-state index in [-0.39, 0.29) is 24.8 Å². The monoisotopic (exact) mass is 306 g/mol. The third-order valence-electron chi connectivity index (χ3n) is 3.41. The molecular formula is C16H22N2O4. The molecule has 0 spiro atoms. The van der Waals surface area contributed by atoms with Crippen LogP contribution in [-0.2, 0) is 14.3 Å². The van der Waals surface area contributed by atoms with Crippen LogP contribution in [0.15, 0.2) is 30.3 Å². The number of ether oxygens (including phenoxy) is 2. The van der Waals surface area contributed by atoms with Crippen molar-refractivity contribution >= 4 is 11.8 Å². The number of carbonyl (C=O) groups is 2. The lowest BCUT2D eigenvalue weighted by atomic mass is 10.2. The highest BCUT2D eigenvalue weighted by atomic mass is 16.5. The van der Waals surface area contributed by atoms with Crippen LogP contribution >= 0.6 is 0 Å². The molecule has 1 aliphatic rings. The molecule has 0 unspecified atom stereocenters. The van der Waals surface area contributed by atoms with Gasteiger partial charge in [0.05, 0.1) is 26.2 Å². The highest BCUT2D eigenvalue weighted by Crippen LogP contribution is 2.08. The average molecular weight is 306 g/mol. The van der Waals surface area contributed by atoms with Gasteiger partial charge in [0.2, 0.25) is 11.8 Å². The maximum atomic E-state index is 12.2. The first kappa shape index (κ1) is 16.3. The van der Waals surface area contributed by atoms with E-state index in [0.29, 0.717) is 26.3 Å². The minimum Gasteiger partial charge on any atom is -0.493 e. The number of hydrogen-bond donors (Lipinski definition) is 1. The summed E-state index contributed by atoms with van der Waals surface area (Å²) in [5.74, 6) is 0.471. The molecule has 6 nitrogen and oxygen atoms in total. The van der Waals surface area contributed by atoms with Gasteiger partial charge in [-0.05, 0) is 19.1 Å². The number of amides is 2. The Hall–Kier alpha value is -2.08. The maximum absolute atomic E-state index is 12.2. The van der Waals surface area contributed by atoms with Gasteiger partial charge in [0.25, 0.3) is 0 Å². The van der Waals surface area contributed by atoms with Crippen molar-refractivity contribution in [3.63, 3.8) is 0 Å². The highest BCUT2D eigenvalue weighted by Gasteiger charge is 2.23. The molecule has 1 N–H and O–H groups in total. The Balaban J connectivity index is 1.68. The van der Waals surface area contributed by atoms with Gasteiger partial charge in [0.1, 0.15) is 11.8 Å². The third-order valence-corrected chi connectivity index (χ3v) is 3.41. The summed E-state index contributed by atoms with van der Waals surface area (Å²) in [6.45, 7) is 4.25. The molecule has 2 rings (SSSR count). The zero-order chi connectivity index (χ0) is 15.8. The Kier molecular flexibility index (Phi) is 6.21. The Morgan fingerprint density at radius 1 is 1.27 bits per heavy atom. The van der Waals surface area contributed by atoms with E-state index in [1.807, 2.05) is 30.3 Å². The summed E-state index contributed by atoms with van der Waals surface area (Å²) in [7, 11) is 0. The SMILES string of the molecule is C[C@@H](NC(=O)CCOc1ccccc1)C(=O)N1CCOCC1. The lowest BCUT2D eigenvalue weighted by molar-refractivity contribution is -0.139. The van der Waals surface area contributed by atoms with Gasteiger partial charge in [0, 0.05) is 13.1 Å². The molecule has 1 heterocycles. The van der Waals surface area contributed by atoms with Gasteiger partial charge in [-0.1, -0.05) is 18.2 Å². The molecule has 0 aromatic heterocycles. The molecule has 0 radical (unpaired) electrons. The number of carbonyl (C=O) groups excluding carboxylic acids is 2. The number of nitrogens with zero attached hydrogens (tertiary/aromatic N) is 1. The van der Waals surface area contributed by atoms with Crippen molar-refractivity contribution in [2.75, 3.05) is 32.9 Å². The zero-order valence-corrected chi connectivity index (χ0v) is 12.8. The van der Waals surface area contributed by atoms with Crippen molar-refractivity contribution in [3.05, 3.63) is 30.3 Å². The number of morpholine rings is 1. The lowest BCUT2D eigenvalue weighted by Gasteiger charge is -2.29. The van der Waals surface area contributed by atoms with Crippen molar-refractivity contribution in [3.8, 4) is 5.75 Å². The maximum Gasteiger partial charge on any atom is 0.245 e. The smallest absolute Gasteiger partial charge is 0.245 e. The van der Waals surface area contributed by atoms with E-state index < -0.39 is 6.04 Å². The second-order valence-corrected chi connectivity index (χ2v) is 5.14. The van der Waals surface area contributed by atoms with Crippen LogP contribution in [0.2, 0.25) is 0 Å². The van der Waals surface area contributed by atoms with Gasteiger partial charge in [0.15, 0.2) is 0 Å². The average Bonchev–Trinajstić information content (AvgIpc) is 2.56. The van der Waals surface area contributed by atoms with Crippen LogP contribution in [0.4, 0.5) is 0 Å². The molecule has 120 valence electrons. The van der Waals surface area contributed by atoms with E-state index in [9.17, 15) is 9.59 Å². The fourth-order valence-electron chi connectivity index (χ4n) is 2.21. The molecule has 0 aliphatic carbocycles. The molecule has 1 atom stereocenters. The van der Waals surface area contributed by atoms with E-state index >= 15 is 0 Å². The normalized spacial score (nSPS) is 16.0. The first-order chi connectivity index (χ1) is 10.7. The number of rotatable bonds is 6. The van der Waals surface area contributed by atoms with Crippen LogP contribution in [-0.4, -0.2) is 55.7 Å². The highest BCUT2D eigenvalue weighted by molar-refractivity contribution is 5.87. The molecule has 0 saturated carbocycles. The predicted molar refractivity (Wildman–Crippen MR) is 81.6 cm³/mol. The first-order valence-electron chi connectivity index (χ1n) is 7.50. The Morgan fingerprint density at radius 2 is 1.95 bits per heavy atom. The summed E-state index contributed by atoms with van der Waals surface area (Å²) in [6, 6.07) is 8.79. The topological polar surface area (TPSA) is 67.9 Å². The molecule has 1 aromatic carbocycles. The van der Waals surface area contributed by atoms with Gasteiger partial charge < -0.3 is 19.7 Å². The van der Waals surface area contributed by atoms with Crippen LogP contribution in [0, 0.1) is 0 Å². The Labute approximate surface area is 130 Å². The van der Waals surface area contributed by atoms with E-state index in [1.54, 1.807) is 11.8 Å². The largest absolute Gasteiger partial charge is 0.493 e. The fraction of sp³-hybridized carbons (Fsp3) is 0.500. The van der Waals surface area contributed by atoms with Crippen molar-refractivity contribution in [2.24, 2.45) is 0 Å². The zero-order valence-electron chi connectivity index (χ0n) is 12.8. The predicted octanol–water partition coefficient (Wildman–Crippen LogP) is 0.819. The molecule has 1 aliphatic heterocycles. The minimum absolute atomic E-state index is 0.0689. The molecule has 0 bridgehead atoms. The van der Waals surface area contributed by atoms with Gasteiger partial charge in [-0.3, -0.25) is 9.59 Å². The van der Waals surface area contributed by atoms with E-state index in [2.05, 4.69) is 5.32 Å². The fourth-order valence-corrected chi connectivity index (χ4v) is 2.21.